The van der Waals surface area contributed by atoms with E-state index in [4.69, 9.17) is 5.73 Å². The number of aliphatic hydroxyl groups is 1. The van der Waals surface area contributed by atoms with Gasteiger partial charge in [-0.15, -0.1) is 0 Å². The highest BCUT2D eigenvalue weighted by Crippen LogP contribution is 2.39. The van der Waals surface area contributed by atoms with E-state index in [1.54, 1.807) is 0 Å². The minimum Gasteiger partial charge on any atom is -0.383 e. The Morgan fingerprint density at radius 1 is 1.24 bits per heavy atom. The molecule has 0 bridgehead atoms. The summed E-state index contributed by atoms with van der Waals surface area (Å²) in [7, 11) is 0. The molecule has 1 heterocycles. The van der Waals surface area contributed by atoms with Crippen molar-refractivity contribution in [2.45, 2.75) is 26.4 Å². The summed E-state index contributed by atoms with van der Waals surface area (Å²) in [5.74, 6) is 0. The smallest absolute Gasteiger partial charge is 0.107 e. The molecule has 0 amide bonds. The van der Waals surface area contributed by atoms with Gasteiger partial charge in [-0.3, -0.25) is 0 Å². The first-order chi connectivity index (χ1) is 7.88. The van der Waals surface area contributed by atoms with E-state index in [-0.39, 0.29) is 12.0 Å². The zero-order chi connectivity index (χ0) is 12.7. The van der Waals surface area contributed by atoms with Gasteiger partial charge in [0.25, 0.3) is 0 Å². The van der Waals surface area contributed by atoms with E-state index >= 15 is 0 Å². The maximum atomic E-state index is 10.8. The molecule has 0 aliphatic carbocycles. The van der Waals surface area contributed by atoms with Crippen LogP contribution in [-0.4, -0.2) is 16.6 Å². The average molecular weight is 232 g/mol. The fourth-order valence-electron chi connectivity index (χ4n) is 2.17. The van der Waals surface area contributed by atoms with Crippen LogP contribution in [0.5, 0.6) is 0 Å². The van der Waals surface area contributed by atoms with Gasteiger partial charge in [-0.1, -0.05) is 26.8 Å². The van der Waals surface area contributed by atoms with Crippen LogP contribution in [0, 0.1) is 5.41 Å². The Morgan fingerprint density at radius 2 is 1.94 bits per heavy atom. The van der Waals surface area contributed by atoms with Gasteiger partial charge in [0, 0.05) is 18.3 Å². The van der Waals surface area contributed by atoms with Gasteiger partial charge >= 0.3 is 0 Å². The van der Waals surface area contributed by atoms with Crippen molar-refractivity contribution >= 4 is 10.9 Å². The number of benzene rings is 1. The van der Waals surface area contributed by atoms with E-state index in [9.17, 15) is 5.11 Å². The first-order valence-electron chi connectivity index (χ1n) is 5.88. The number of fused-ring (bicyclic) bond motifs is 1. The minimum absolute atomic E-state index is 0.215. The highest BCUT2D eigenvalue weighted by Gasteiger charge is 2.40. The summed E-state index contributed by atoms with van der Waals surface area (Å²) in [5, 5.41) is 11.9. The van der Waals surface area contributed by atoms with Gasteiger partial charge < -0.3 is 15.8 Å². The van der Waals surface area contributed by atoms with E-state index in [0.29, 0.717) is 0 Å². The molecule has 1 aromatic carbocycles. The fourth-order valence-corrected chi connectivity index (χ4v) is 2.17. The van der Waals surface area contributed by atoms with Crippen molar-refractivity contribution < 1.29 is 5.11 Å². The van der Waals surface area contributed by atoms with Crippen LogP contribution in [-0.2, 0) is 5.60 Å². The number of hydrogen-bond acceptors (Lipinski definition) is 2. The van der Waals surface area contributed by atoms with Crippen molar-refractivity contribution in [1.29, 1.82) is 0 Å². The number of aromatic amines is 1. The lowest BCUT2D eigenvalue weighted by molar-refractivity contribution is -0.0556. The van der Waals surface area contributed by atoms with Gasteiger partial charge in [0.2, 0.25) is 0 Å². The van der Waals surface area contributed by atoms with Gasteiger partial charge in [0.15, 0.2) is 0 Å². The molecule has 1 atom stereocenters. The topological polar surface area (TPSA) is 62.0 Å². The summed E-state index contributed by atoms with van der Waals surface area (Å²) in [4.78, 5) is 3.14. The normalized spacial score (nSPS) is 16.1. The summed E-state index contributed by atoms with van der Waals surface area (Å²) >= 11 is 0. The highest BCUT2D eigenvalue weighted by molar-refractivity contribution is 5.80. The molecule has 0 aliphatic rings. The monoisotopic (exact) mass is 232 g/mol. The summed E-state index contributed by atoms with van der Waals surface area (Å²) in [6.45, 7) is 6.22. The van der Waals surface area contributed by atoms with Gasteiger partial charge in [0.05, 0.1) is 0 Å². The molecule has 17 heavy (non-hydrogen) atoms. The second-order valence-corrected chi connectivity index (χ2v) is 5.59. The SMILES string of the molecule is CC(C)(C)C(O)(CN)c1ccc2[nH]ccc2c1. The minimum atomic E-state index is -1.00. The maximum absolute atomic E-state index is 10.8. The fraction of sp³-hybridized carbons (Fsp3) is 0.429. The third kappa shape index (κ3) is 1.85. The Balaban J connectivity index is 2.57. The molecule has 1 aromatic heterocycles. The standard InChI is InChI=1S/C14H20N2O/c1-13(2,3)14(17,9-15)11-4-5-12-10(8-11)6-7-16-12/h4-8,16-17H,9,15H2,1-3H3. The predicted molar refractivity (Wildman–Crippen MR) is 70.7 cm³/mol. The van der Waals surface area contributed by atoms with Crippen LogP contribution < -0.4 is 5.73 Å². The Kier molecular flexibility index (Phi) is 2.76. The van der Waals surface area contributed by atoms with Crippen LogP contribution in [0.2, 0.25) is 0 Å². The van der Waals surface area contributed by atoms with Crippen molar-refractivity contribution in [1.82, 2.24) is 4.98 Å². The molecule has 2 aromatic rings. The number of aromatic nitrogens is 1. The van der Waals surface area contributed by atoms with Crippen molar-refractivity contribution in [3.8, 4) is 0 Å². The van der Waals surface area contributed by atoms with E-state index in [1.807, 2.05) is 51.2 Å². The van der Waals surface area contributed by atoms with Gasteiger partial charge in [0.1, 0.15) is 5.60 Å². The summed E-state index contributed by atoms with van der Waals surface area (Å²) in [6, 6.07) is 7.93. The Hall–Kier alpha value is -1.32. The summed E-state index contributed by atoms with van der Waals surface area (Å²) in [6.07, 6.45) is 1.90. The molecule has 0 aliphatic heterocycles. The number of nitrogens with two attached hydrogens (primary N) is 1. The molecule has 3 heteroatoms. The van der Waals surface area contributed by atoms with E-state index < -0.39 is 5.60 Å². The predicted octanol–water partition coefficient (Wildman–Crippen LogP) is 2.36. The lowest BCUT2D eigenvalue weighted by Gasteiger charge is -2.40. The quantitative estimate of drug-likeness (QED) is 0.744. The van der Waals surface area contributed by atoms with Crippen LogP contribution in [0.15, 0.2) is 30.5 Å². The molecule has 4 N–H and O–H groups in total. The molecule has 1 unspecified atom stereocenters. The maximum Gasteiger partial charge on any atom is 0.107 e. The lowest BCUT2D eigenvalue weighted by atomic mass is 9.72. The molecule has 0 saturated carbocycles. The Morgan fingerprint density at radius 3 is 2.53 bits per heavy atom. The van der Waals surface area contributed by atoms with E-state index in [0.717, 1.165) is 16.5 Å². The molecule has 2 rings (SSSR count). The zero-order valence-corrected chi connectivity index (χ0v) is 10.6. The number of nitrogens with one attached hydrogen (secondary N) is 1. The molecular weight excluding hydrogens is 212 g/mol. The number of hydrogen-bond donors (Lipinski definition) is 3. The van der Waals surface area contributed by atoms with E-state index in [2.05, 4.69) is 4.98 Å². The first-order valence-corrected chi connectivity index (χ1v) is 5.88. The van der Waals surface area contributed by atoms with Crippen molar-refractivity contribution in [2.75, 3.05) is 6.54 Å². The Bertz CT molecular complexity index is 524. The molecule has 0 radical (unpaired) electrons. The largest absolute Gasteiger partial charge is 0.383 e. The second kappa shape index (κ2) is 3.86. The summed E-state index contributed by atoms with van der Waals surface area (Å²) < 4.78 is 0. The van der Waals surface area contributed by atoms with Crippen LogP contribution in [0.4, 0.5) is 0 Å². The number of rotatable bonds is 2. The molecule has 0 saturated heterocycles. The number of H-pyrrole nitrogens is 1. The van der Waals surface area contributed by atoms with Crippen molar-refractivity contribution in [3.63, 3.8) is 0 Å². The second-order valence-electron chi connectivity index (χ2n) is 5.59. The Labute approximate surface area is 102 Å². The summed E-state index contributed by atoms with van der Waals surface area (Å²) in [5.41, 5.74) is 6.43. The lowest BCUT2D eigenvalue weighted by Crippen LogP contribution is -2.46. The first kappa shape index (κ1) is 12.1. The van der Waals surface area contributed by atoms with Crippen LogP contribution in [0.25, 0.3) is 10.9 Å². The van der Waals surface area contributed by atoms with Crippen molar-refractivity contribution in [3.05, 3.63) is 36.0 Å². The van der Waals surface area contributed by atoms with Gasteiger partial charge in [-0.05, 0) is 34.6 Å². The molecule has 0 spiro atoms. The van der Waals surface area contributed by atoms with Gasteiger partial charge in [-0.25, -0.2) is 0 Å². The third-order valence-corrected chi connectivity index (χ3v) is 3.57. The molecule has 0 fully saturated rings. The molecule has 3 nitrogen and oxygen atoms in total. The van der Waals surface area contributed by atoms with Crippen LogP contribution in [0.1, 0.15) is 26.3 Å². The third-order valence-electron chi connectivity index (χ3n) is 3.57. The molecular formula is C14H20N2O. The van der Waals surface area contributed by atoms with Crippen LogP contribution >= 0.6 is 0 Å². The van der Waals surface area contributed by atoms with Crippen molar-refractivity contribution in [2.24, 2.45) is 11.1 Å². The van der Waals surface area contributed by atoms with Crippen LogP contribution in [0.3, 0.4) is 0 Å². The highest BCUT2D eigenvalue weighted by atomic mass is 16.3. The average Bonchev–Trinajstić information content (AvgIpc) is 2.73. The van der Waals surface area contributed by atoms with Gasteiger partial charge in [-0.2, -0.15) is 0 Å². The zero-order valence-electron chi connectivity index (χ0n) is 10.6. The van der Waals surface area contributed by atoms with E-state index in [1.165, 1.54) is 0 Å². The molecule has 92 valence electrons.